The summed E-state index contributed by atoms with van der Waals surface area (Å²) in [7, 11) is 0. The van der Waals surface area contributed by atoms with Gasteiger partial charge in [0.2, 0.25) is 0 Å². The molecule has 7 aromatic rings. The molecule has 3 heteroatoms. The topological polar surface area (TPSA) is 6.48 Å². The zero-order valence-corrected chi connectivity index (χ0v) is 33.4. The summed E-state index contributed by atoms with van der Waals surface area (Å²) in [5, 5.41) is 0. The lowest BCUT2D eigenvalue weighted by atomic mass is 9.33. The molecule has 6 aliphatic carbocycles. The summed E-state index contributed by atoms with van der Waals surface area (Å²) in [6.45, 7) is 0.110. The SMILES string of the molecule is c1ccc(N2c3cc4c(cc3B3c5ccccc5N(c5cccc6c5-c5ccccc5C65C6CCC5CC6)c5cccc2c53)-c2ccccc2C42C3CCC2CC3)cc1. The van der Waals surface area contributed by atoms with Crippen LogP contribution in [0.25, 0.3) is 22.3 Å². The lowest BCUT2D eigenvalue weighted by Gasteiger charge is -2.45. The summed E-state index contributed by atoms with van der Waals surface area (Å²) < 4.78 is 0. The first kappa shape index (κ1) is 32.1. The second-order valence-electron chi connectivity index (χ2n) is 19.3. The van der Waals surface area contributed by atoms with Crippen LogP contribution >= 0.6 is 0 Å². The molecule has 282 valence electrons. The number of hydrogen-bond acceptors (Lipinski definition) is 2. The summed E-state index contributed by atoms with van der Waals surface area (Å²) in [6.07, 6.45) is 10.8. The van der Waals surface area contributed by atoms with Crippen LogP contribution in [-0.4, -0.2) is 6.71 Å². The molecule has 8 aliphatic rings. The standard InChI is InChI=1S/C56H45BN2/c1-2-12-38(13-3-1)58-50-22-11-23-51-54(50)57(47-32-41-39-14-4-6-16-42(39)56(45(41)33-52(47)58)36-28-29-37(56)31-30-36)46-19-8-9-20-48(46)59(51)49-21-10-18-44-53(49)40-15-5-7-17-43(40)55(44)34-24-25-35(55)27-26-34/h1-23,32-37H,24-31H2. The number of anilines is 6. The molecule has 0 atom stereocenters. The van der Waals surface area contributed by atoms with Crippen molar-refractivity contribution in [1.82, 2.24) is 0 Å². The molecule has 0 aromatic heterocycles. The lowest BCUT2D eigenvalue weighted by molar-refractivity contribution is 0.400. The maximum atomic E-state index is 2.70. The van der Waals surface area contributed by atoms with Crippen LogP contribution in [0, 0.1) is 23.7 Å². The van der Waals surface area contributed by atoms with Crippen molar-refractivity contribution < 1.29 is 0 Å². The summed E-state index contributed by atoms with van der Waals surface area (Å²) in [5.74, 6) is 2.91. The fourth-order valence-electron chi connectivity index (χ4n) is 15.8. The van der Waals surface area contributed by atoms with Gasteiger partial charge in [0.25, 0.3) is 6.71 Å². The van der Waals surface area contributed by atoms with Crippen molar-refractivity contribution in [2.45, 2.75) is 62.2 Å². The molecular weight excluding hydrogens is 711 g/mol. The third-order valence-electron chi connectivity index (χ3n) is 17.6. The summed E-state index contributed by atoms with van der Waals surface area (Å²) in [5.41, 5.74) is 24.7. The molecule has 2 heterocycles. The van der Waals surface area contributed by atoms with Crippen molar-refractivity contribution in [2.75, 3.05) is 9.80 Å². The third kappa shape index (κ3) is 3.60. The van der Waals surface area contributed by atoms with Gasteiger partial charge in [0.1, 0.15) is 0 Å². The first-order valence-electron chi connectivity index (χ1n) is 22.7. The second kappa shape index (κ2) is 11.1. The van der Waals surface area contributed by atoms with Gasteiger partial charge in [-0.3, -0.25) is 0 Å². The van der Waals surface area contributed by atoms with E-state index in [4.69, 9.17) is 0 Å². The number of para-hydroxylation sites is 2. The van der Waals surface area contributed by atoms with E-state index in [2.05, 4.69) is 161 Å². The predicted octanol–water partition coefficient (Wildman–Crippen LogP) is 11.9. The van der Waals surface area contributed by atoms with Crippen LogP contribution in [-0.2, 0) is 10.8 Å². The fourth-order valence-corrected chi connectivity index (χ4v) is 15.8. The van der Waals surface area contributed by atoms with E-state index in [9.17, 15) is 0 Å². The molecule has 2 spiro atoms. The molecule has 4 saturated carbocycles. The highest BCUT2D eigenvalue weighted by Gasteiger charge is 2.62. The highest BCUT2D eigenvalue weighted by molar-refractivity contribution is 7.00. The quantitative estimate of drug-likeness (QED) is 0.162. The zero-order chi connectivity index (χ0) is 38.2. The Labute approximate surface area is 347 Å². The van der Waals surface area contributed by atoms with E-state index in [1.165, 1.54) is 124 Å². The van der Waals surface area contributed by atoms with Crippen molar-refractivity contribution in [1.29, 1.82) is 0 Å². The third-order valence-corrected chi connectivity index (χ3v) is 17.6. The monoisotopic (exact) mass is 756 g/mol. The van der Waals surface area contributed by atoms with E-state index in [-0.39, 0.29) is 17.5 Å². The molecule has 2 nitrogen and oxygen atoms in total. The van der Waals surface area contributed by atoms with Crippen molar-refractivity contribution >= 4 is 57.2 Å². The molecule has 0 amide bonds. The molecule has 2 aliphatic heterocycles. The summed E-state index contributed by atoms with van der Waals surface area (Å²) >= 11 is 0. The number of nitrogens with zero attached hydrogens (tertiary/aromatic N) is 2. The van der Waals surface area contributed by atoms with Gasteiger partial charge in [-0.1, -0.05) is 109 Å². The van der Waals surface area contributed by atoms with Crippen LogP contribution in [0.5, 0.6) is 0 Å². The minimum Gasteiger partial charge on any atom is -0.311 e. The largest absolute Gasteiger partial charge is 0.311 e. The number of fused-ring (bicyclic) bond motifs is 10. The van der Waals surface area contributed by atoms with Crippen molar-refractivity contribution in [2.24, 2.45) is 23.7 Å². The molecule has 59 heavy (non-hydrogen) atoms. The van der Waals surface area contributed by atoms with Crippen molar-refractivity contribution in [3.8, 4) is 22.3 Å². The predicted molar refractivity (Wildman–Crippen MR) is 244 cm³/mol. The van der Waals surface area contributed by atoms with Gasteiger partial charge in [-0.25, -0.2) is 0 Å². The van der Waals surface area contributed by atoms with E-state index in [1.54, 1.807) is 22.3 Å². The van der Waals surface area contributed by atoms with E-state index in [0.717, 1.165) is 23.7 Å². The van der Waals surface area contributed by atoms with E-state index in [0.29, 0.717) is 0 Å². The van der Waals surface area contributed by atoms with Crippen LogP contribution in [0.2, 0.25) is 0 Å². The average molecular weight is 757 g/mol. The Bertz CT molecular complexity index is 2940. The first-order chi connectivity index (χ1) is 29.3. The number of hydrogen-bond donors (Lipinski definition) is 0. The zero-order valence-electron chi connectivity index (χ0n) is 33.4. The smallest absolute Gasteiger partial charge is 0.252 e. The van der Waals surface area contributed by atoms with Crippen LogP contribution < -0.4 is 26.2 Å². The average Bonchev–Trinajstić information content (AvgIpc) is 4.15. The minimum atomic E-state index is 0.110. The Hall–Kier alpha value is -5.80. The lowest BCUT2D eigenvalue weighted by Crippen LogP contribution is -2.61. The van der Waals surface area contributed by atoms with Crippen molar-refractivity contribution in [3.63, 3.8) is 0 Å². The van der Waals surface area contributed by atoms with Crippen LogP contribution in [0.3, 0.4) is 0 Å². The van der Waals surface area contributed by atoms with Gasteiger partial charge in [-0.05, 0) is 173 Å². The minimum absolute atomic E-state index is 0.110. The highest BCUT2D eigenvalue weighted by Crippen LogP contribution is 2.70. The van der Waals surface area contributed by atoms with E-state index >= 15 is 0 Å². The maximum absolute atomic E-state index is 2.70. The van der Waals surface area contributed by atoms with Gasteiger partial charge in [-0.15, -0.1) is 0 Å². The van der Waals surface area contributed by atoms with Gasteiger partial charge < -0.3 is 9.80 Å². The number of rotatable bonds is 2. The van der Waals surface area contributed by atoms with Gasteiger partial charge >= 0.3 is 0 Å². The Kier molecular flexibility index (Phi) is 6.02. The van der Waals surface area contributed by atoms with Gasteiger partial charge in [-0.2, -0.15) is 0 Å². The molecule has 7 aromatic carbocycles. The molecule has 4 bridgehead atoms. The summed E-state index contributed by atoms with van der Waals surface area (Å²) in [4.78, 5) is 5.32. The molecule has 0 unspecified atom stereocenters. The number of benzene rings is 7. The molecular formula is C56H45BN2. The van der Waals surface area contributed by atoms with Gasteiger partial charge in [0.15, 0.2) is 0 Å². The van der Waals surface area contributed by atoms with Gasteiger partial charge in [0, 0.05) is 44.8 Å². The first-order valence-corrected chi connectivity index (χ1v) is 22.7. The van der Waals surface area contributed by atoms with E-state index < -0.39 is 0 Å². The highest BCUT2D eigenvalue weighted by atomic mass is 15.2. The Balaban J connectivity index is 1.01. The Morgan fingerprint density at radius 2 is 0.898 bits per heavy atom. The van der Waals surface area contributed by atoms with Crippen LogP contribution in [0.1, 0.15) is 73.6 Å². The molecule has 0 N–H and O–H groups in total. The van der Waals surface area contributed by atoms with Crippen LogP contribution in [0.15, 0.2) is 152 Å². The Morgan fingerprint density at radius 1 is 0.373 bits per heavy atom. The van der Waals surface area contributed by atoms with Gasteiger partial charge in [0.05, 0.1) is 5.69 Å². The molecule has 15 rings (SSSR count). The second-order valence-corrected chi connectivity index (χ2v) is 19.3. The summed E-state index contributed by atoms with van der Waals surface area (Å²) in [6, 6.07) is 59.7. The maximum Gasteiger partial charge on any atom is 0.252 e. The van der Waals surface area contributed by atoms with E-state index in [1.807, 2.05) is 0 Å². The molecule has 0 saturated heterocycles. The molecule has 4 fully saturated rings. The van der Waals surface area contributed by atoms with Crippen LogP contribution in [0.4, 0.5) is 34.1 Å². The molecule has 0 radical (unpaired) electrons. The fraction of sp³-hybridized carbons (Fsp3) is 0.250. The van der Waals surface area contributed by atoms with Crippen molar-refractivity contribution in [3.05, 3.63) is 174 Å². The Morgan fingerprint density at radius 3 is 1.63 bits per heavy atom. The normalized spacial score (nSPS) is 27.5.